The van der Waals surface area contributed by atoms with E-state index in [2.05, 4.69) is 108 Å². The lowest BCUT2D eigenvalue weighted by atomic mass is 9.96. The SMILES string of the molecule is C.CC(C)(C)OC(=O)NCc1ccccc1C(O)c1ccc2[nH]ccc2c1.CC(C)[Si](C(C)C)(C(C)C)n1ccc2cc(C(O)c3ccccc3C#N)ccc21.CNCc1ccccc1C(O)c1ccc2[nH]ccc2c1.N.N#Cc1ccccc1C(=O)c1ccc2[nH]ccc2c1.O.P. The highest BCUT2D eigenvalue weighted by Crippen LogP contribution is 2.45. The highest BCUT2D eigenvalue weighted by atomic mass is 31.0. The summed E-state index contributed by atoms with van der Waals surface area (Å²) >= 11 is 0. The van der Waals surface area contributed by atoms with Gasteiger partial charge in [0.1, 0.15) is 23.9 Å². The Morgan fingerprint density at radius 2 is 0.959 bits per heavy atom. The summed E-state index contributed by atoms with van der Waals surface area (Å²) in [6.45, 7) is 20.7. The van der Waals surface area contributed by atoms with Crippen LogP contribution in [0.4, 0.5) is 4.79 Å². The number of carbonyl (C=O) groups is 2. The van der Waals surface area contributed by atoms with E-state index in [4.69, 9.17) is 10.00 Å². The topological polar surface area (TPSA) is 294 Å². The summed E-state index contributed by atoms with van der Waals surface area (Å²) < 4.78 is 7.85. The van der Waals surface area contributed by atoms with Crippen LogP contribution in [0, 0.1) is 22.7 Å². The number of carbonyl (C=O) groups excluding carboxylic acids is 2. The largest absolute Gasteiger partial charge is 0.444 e. The first-order valence-corrected chi connectivity index (χ1v) is 34.0. The fourth-order valence-electron chi connectivity index (χ4n) is 13.1. The number of hydrogen-bond donors (Lipinski definition) is 9. The van der Waals surface area contributed by atoms with Crippen molar-refractivity contribution in [1.82, 2.24) is 36.0 Å². The van der Waals surface area contributed by atoms with E-state index in [-0.39, 0.29) is 41.3 Å². The number of ether oxygens (including phenoxy) is 1. The third-order valence-electron chi connectivity index (χ3n) is 17.4. The van der Waals surface area contributed by atoms with Gasteiger partial charge in [-0.25, -0.2) is 4.79 Å². The molecule has 0 saturated heterocycles. The van der Waals surface area contributed by atoms with E-state index in [1.807, 2.05) is 186 Å². The molecule has 12 aromatic rings. The Labute approximate surface area is 580 Å². The van der Waals surface area contributed by atoms with Gasteiger partial charge >= 0.3 is 6.09 Å². The lowest BCUT2D eigenvalue weighted by Crippen LogP contribution is -2.51. The zero-order valence-electron chi connectivity index (χ0n) is 57.0. The number of aliphatic hydroxyl groups excluding tert-OH is 3. The van der Waals surface area contributed by atoms with Crippen molar-refractivity contribution in [2.45, 2.75) is 123 Å². The van der Waals surface area contributed by atoms with Crippen molar-refractivity contribution in [2.24, 2.45) is 0 Å². The molecule has 0 bridgehead atoms. The third kappa shape index (κ3) is 18.1. The minimum Gasteiger partial charge on any atom is -0.444 e. The van der Waals surface area contributed by atoms with Crippen molar-refractivity contribution in [1.29, 1.82) is 10.5 Å². The van der Waals surface area contributed by atoms with Crippen molar-refractivity contribution in [3.8, 4) is 12.1 Å². The van der Waals surface area contributed by atoms with E-state index >= 15 is 0 Å². The van der Waals surface area contributed by atoms with Crippen LogP contribution in [-0.4, -0.2) is 72.7 Å². The quantitative estimate of drug-likeness (QED) is 0.0250. The van der Waals surface area contributed by atoms with Crippen LogP contribution in [0.25, 0.3) is 43.6 Å². The molecule has 4 heterocycles. The predicted octanol–water partition coefficient (Wildman–Crippen LogP) is 17.2. The molecule has 512 valence electrons. The summed E-state index contributed by atoms with van der Waals surface area (Å²) in [5.74, 6) is -0.125. The van der Waals surface area contributed by atoms with Crippen LogP contribution in [0.15, 0.2) is 219 Å². The second-order valence-corrected chi connectivity index (χ2v) is 31.2. The molecule has 0 aliphatic carbocycles. The molecule has 0 radical (unpaired) electrons. The Morgan fingerprint density at radius 1 is 0.541 bits per heavy atom. The summed E-state index contributed by atoms with van der Waals surface area (Å²) in [7, 11) is 0.0837. The number of H-pyrrole nitrogens is 3. The molecule has 8 aromatic carbocycles. The van der Waals surface area contributed by atoms with Gasteiger partial charge in [-0.2, -0.15) is 20.4 Å². The number of benzene rings is 8. The minimum atomic E-state index is -1.83. The van der Waals surface area contributed by atoms with Crippen LogP contribution in [0.5, 0.6) is 0 Å². The van der Waals surface area contributed by atoms with Gasteiger partial charge in [-0.05, 0) is 203 Å². The average molecular weight is 1350 g/mol. The standard InChI is InChI=1S/C25H32N2OSi.C21H24N2O3.C17H18N2O.C16H10N2O.CH4.H3N.H2O.H3P/c1-17(2)29(18(3)4,19(5)6)27-14-13-20-15-21(11-12-24(20)27)25(28)23-10-8-7-9-22(23)16-26;1-21(2,3)26-20(25)23-13-16-6-4-5-7-17(16)19(24)15-8-9-18-14(12-15)10-11-22-18;1-18-11-14-4-2-3-5-15(14)17(20)13-6-7-16-12(10-13)8-9-19-16;17-10-13-3-1-2-4-14(13)16(19)12-5-6-15-11(9-12)7-8-18-15;;;;/h7-15,17-19,25,28H,1-6H3;4-12,19,22,24H,13H2,1-3H3,(H,23,25);2-10,17-20H,11H2,1H3;1-9,18H;1H4;1H3;1H2;1H3. The minimum absolute atomic E-state index is 0. The van der Waals surface area contributed by atoms with E-state index in [1.54, 1.807) is 36.4 Å². The van der Waals surface area contributed by atoms with Crippen LogP contribution < -0.4 is 16.8 Å². The van der Waals surface area contributed by atoms with Gasteiger partial charge < -0.3 is 61.5 Å². The maximum absolute atomic E-state index is 12.4. The van der Waals surface area contributed by atoms with Gasteiger partial charge in [0.2, 0.25) is 0 Å². The van der Waals surface area contributed by atoms with E-state index in [1.165, 1.54) is 5.52 Å². The molecule has 18 heteroatoms. The van der Waals surface area contributed by atoms with Crippen molar-refractivity contribution < 1.29 is 35.1 Å². The summed E-state index contributed by atoms with van der Waals surface area (Å²) in [5, 5.41) is 61.1. The first kappa shape index (κ1) is 78.9. The fourth-order valence-corrected chi connectivity index (χ4v) is 19.7. The number of ketones is 1. The van der Waals surface area contributed by atoms with Gasteiger partial charge in [-0.1, -0.05) is 146 Å². The number of aliphatic hydroxyl groups is 3. The smallest absolute Gasteiger partial charge is 0.407 e. The van der Waals surface area contributed by atoms with E-state index in [0.717, 1.165) is 83.6 Å². The lowest BCUT2D eigenvalue weighted by Gasteiger charge is -2.44. The second-order valence-electron chi connectivity index (χ2n) is 25.5. The number of hydrogen-bond acceptors (Lipinski definition) is 10. The zero-order valence-corrected chi connectivity index (χ0v) is 59.4. The molecule has 4 unspecified atom stereocenters. The number of fused-ring (bicyclic) bond motifs is 4. The molecule has 0 aliphatic heterocycles. The fraction of sp³-hybridized carbons (Fsp3) is 0.250. The number of amides is 1. The van der Waals surface area contributed by atoms with E-state index in [9.17, 15) is 30.2 Å². The molecule has 4 aromatic heterocycles. The molecule has 0 fully saturated rings. The molecule has 0 spiro atoms. The first-order chi connectivity index (χ1) is 45.2. The highest BCUT2D eigenvalue weighted by molar-refractivity contribution is 6.92. The maximum atomic E-state index is 12.4. The number of nitrogens with one attached hydrogen (secondary N) is 5. The second kappa shape index (κ2) is 35.5. The third-order valence-corrected chi connectivity index (χ3v) is 24.2. The monoisotopic (exact) mass is 1350 g/mol. The van der Waals surface area contributed by atoms with Crippen LogP contribution in [0.3, 0.4) is 0 Å². The molecular formula is C80H96N9O7PSi. The van der Waals surface area contributed by atoms with Gasteiger partial charge in [0, 0.05) is 75.8 Å². The zero-order chi connectivity index (χ0) is 67.3. The van der Waals surface area contributed by atoms with Crippen molar-refractivity contribution in [2.75, 3.05) is 7.05 Å². The Kier molecular flexibility index (Phi) is 28.6. The molecule has 12 rings (SSSR count). The number of nitriles is 2. The Morgan fingerprint density at radius 3 is 1.45 bits per heavy atom. The summed E-state index contributed by atoms with van der Waals surface area (Å²) in [6, 6.07) is 65.5. The van der Waals surface area contributed by atoms with Gasteiger partial charge in [0.25, 0.3) is 0 Å². The van der Waals surface area contributed by atoms with Gasteiger partial charge in [0.05, 0.1) is 23.3 Å². The summed E-state index contributed by atoms with van der Waals surface area (Å²) in [5.41, 5.74) is 14.5. The number of aromatic amines is 3. The maximum Gasteiger partial charge on any atom is 0.407 e. The van der Waals surface area contributed by atoms with Crippen molar-refractivity contribution in [3.05, 3.63) is 286 Å². The molecule has 98 heavy (non-hydrogen) atoms. The van der Waals surface area contributed by atoms with Crippen LogP contribution in [-0.2, 0) is 17.8 Å². The number of aromatic nitrogens is 4. The molecule has 0 aliphatic rings. The lowest BCUT2D eigenvalue weighted by molar-refractivity contribution is 0.0522. The highest BCUT2D eigenvalue weighted by Gasteiger charge is 2.45. The Balaban J connectivity index is 0.000000236. The van der Waals surface area contributed by atoms with Crippen LogP contribution >= 0.6 is 9.90 Å². The van der Waals surface area contributed by atoms with E-state index in [0.29, 0.717) is 44.4 Å². The van der Waals surface area contributed by atoms with Crippen LogP contribution in [0.2, 0.25) is 16.6 Å². The molecule has 13 N–H and O–H groups in total. The summed E-state index contributed by atoms with van der Waals surface area (Å²) in [6.07, 6.45) is 5.23. The van der Waals surface area contributed by atoms with E-state index < -0.39 is 38.2 Å². The normalized spacial score (nSPS) is 11.9. The molecule has 0 saturated carbocycles. The van der Waals surface area contributed by atoms with Crippen LogP contribution in [0.1, 0.15) is 160 Å². The number of alkyl carbamates (subject to hydrolysis) is 1. The van der Waals surface area contributed by atoms with Crippen molar-refractivity contribution in [3.63, 3.8) is 0 Å². The Bertz CT molecular complexity index is 4640. The molecule has 1 amide bonds. The predicted molar refractivity (Wildman–Crippen MR) is 406 cm³/mol. The Hall–Kier alpha value is -9.75. The number of nitrogens with zero attached hydrogens (tertiary/aromatic N) is 3. The molecule has 4 atom stereocenters. The van der Waals surface area contributed by atoms with Gasteiger partial charge in [0.15, 0.2) is 14.0 Å². The summed E-state index contributed by atoms with van der Waals surface area (Å²) in [4.78, 5) is 33.7. The first-order valence-electron chi connectivity index (χ1n) is 31.8. The number of rotatable bonds is 16. The molecule has 16 nitrogen and oxygen atoms in total. The average Bonchev–Trinajstić information content (AvgIpc) is 1.49. The van der Waals surface area contributed by atoms with Crippen molar-refractivity contribution >= 4 is 73.6 Å². The van der Waals surface area contributed by atoms with Gasteiger partial charge in [-0.3, -0.25) is 4.79 Å². The van der Waals surface area contributed by atoms with Gasteiger partial charge in [-0.15, -0.1) is 0 Å². The molecular weight excluding hydrogens is 1260 g/mol.